The molecule has 130 valence electrons. The Bertz CT molecular complexity index is 776. The summed E-state index contributed by atoms with van der Waals surface area (Å²) in [6.07, 6.45) is 2.57. The molecular formula is C19H22N4O2. The largest absolute Gasteiger partial charge is 0.370 e. The number of nitrogens with zero attached hydrogens (tertiary/aromatic N) is 3. The number of aromatic nitrogens is 2. The number of hydrogen-bond donors (Lipinski definition) is 1. The van der Waals surface area contributed by atoms with Crippen LogP contribution in [0.25, 0.3) is 0 Å². The first-order valence-electron chi connectivity index (χ1n) is 8.53. The fraction of sp³-hybridized carbons (Fsp3) is 0.368. The molecule has 0 bridgehead atoms. The molecule has 2 amide bonds. The van der Waals surface area contributed by atoms with Crippen LogP contribution >= 0.6 is 0 Å². The van der Waals surface area contributed by atoms with Crippen LogP contribution in [0.2, 0.25) is 0 Å². The minimum Gasteiger partial charge on any atom is -0.370 e. The summed E-state index contributed by atoms with van der Waals surface area (Å²) in [4.78, 5) is 34.7. The fourth-order valence-electron chi connectivity index (χ4n) is 3.27. The van der Waals surface area contributed by atoms with Gasteiger partial charge in [0, 0.05) is 24.2 Å². The summed E-state index contributed by atoms with van der Waals surface area (Å²) in [7, 11) is 0. The van der Waals surface area contributed by atoms with Crippen molar-refractivity contribution in [1.82, 2.24) is 14.9 Å². The van der Waals surface area contributed by atoms with Crippen molar-refractivity contribution in [2.75, 3.05) is 6.54 Å². The van der Waals surface area contributed by atoms with Gasteiger partial charge in [-0.25, -0.2) is 9.97 Å². The molecule has 1 fully saturated rings. The van der Waals surface area contributed by atoms with Crippen LogP contribution in [-0.4, -0.2) is 33.2 Å². The maximum absolute atomic E-state index is 12.8. The molecule has 0 saturated carbocycles. The van der Waals surface area contributed by atoms with Gasteiger partial charge in [0.2, 0.25) is 5.91 Å². The Morgan fingerprint density at radius 2 is 2.00 bits per heavy atom. The summed E-state index contributed by atoms with van der Waals surface area (Å²) in [6.45, 7) is 2.55. The molecular weight excluding hydrogens is 316 g/mol. The van der Waals surface area contributed by atoms with Gasteiger partial charge in [0.05, 0.1) is 11.7 Å². The molecule has 0 radical (unpaired) electrons. The number of hydrogen-bond acceptors (Lipinski definition) is 4. The van der Waals surface area contributed by atoms with Crippen LogP contribution in [-0.2, 0) is 11.2 Å². The second-order valence-electron chi connectivity index (χ2n) is 6.32. The third kappa shape index (κ3) is 4.02. The van der Waals surface area contributed by atoms with Crippen molar-refractivity contribution in [3.8, 4) is 0 Å². The molecule has 1 saturated heterocycles. The molecule has 2 N–H and O–H groups in total. The van der Waals surface area contributed by atoms with Crippen molar-refractivity contribution >= 4 is 11.8 Å². The molecule has 1 aromatic carbocycles. The molecule has 6 nitrogen and oxygen atoms in total. The van der Waals surface area contributed by atoms with Crippen LogP contribution in [0.1, 0.15) is 52.9 Å². The zero-order chi connectivity index (χ0) is 17.8. The predicted molar refractivity (Wildman–Crippen MR) is 93.7 cm³/mol. The van der Waals surface area contributed by atoms with Crippen LogP contribution in [0, 0.1) is 6.92 Å². The van der Waals surface area contributed by atoms with E-state index in [1.54, 1.807) is 0 Å². The van der Waals surface area contributed by atoms with Crippen molar-refractivity contribution in [2.24, 2.45) is 5.73 Å². The Morgan fingerprint density at radius 1 is 1.24 bits per heavy atom. The highest BCUT2D eigenvalue weighted by Gasteiger charge is 2.31. The third-order valence-corrected chi connectivity index (χ3v) is 4.41. The summed E-state index contributed by atoms with van der Waals surface area (Å²) < 4.78 is 0. The number of primary amides is 1. The fourth-order valence-corrected chi connectivity index (χ4v) is 3.27. The van der Waals surface area contributed by atoms with Crippen molar-refractivity contribution < 1.29 is 9.59 Å². The molecule has 25 heavy (non-hydrogen) atoms. The molecule has 1 atom stereocenters. The molecule has 2 heterocycles. The number of carbonyl (C=O) groups excluding carboxylic acids is 2. The number of rotatable bonds is 5. The first kappa shape index (κ1) is 17.1. The average molecular weight is 338 g/mol. The third-order valence-electron chi connectivity index (χ3n) is 4.41. The topological polar surface area (TPSA) is 89.2 Å². The molecule has 6 heteroatoms. The second-order valence-corrected chi connectivity index (χ2v) is 6.32. The first-order chi connectivity index (χ1) is 12.0. The van der Waals surface area contributed by atoms with Gasteiger partial charge in [0.1, 0.15) is 5.82 Å². The van der Waals surface area contributed by atoms with Crippen molar-refractivity contribution in [1.29, 1.82) is 0 Å². The highest BCUT2D eigenvalue weighted by molar-refractivity contribution is 5.94. The van der Waals surface area contributed by atoms with E-state index >= 15 is 0 Å². The highest BCUT2D eigenvalue weighted by Crippen LogP contribution is 2.32. The van der Waals surface area contributed by atoms with E-state index in [0.717, 1.165) is 30.8 Å². The standard InChI is InChI=1S/C19H22N4O2/c1-13-21-15(9-10-18(20)24)12-16(22-13)17-8-5-11-23(17)19(25)14-6-3-2-4-7-14/h2-4,6-7,12,17H,5,8-11H2,1H3,(H2,20,24)/t17-/m0/s1. The SMILES string of the molecule is Cc1nc(CCC(N)=O)cc([C@@H]2CCCN2C(=O)c2ccccc2)n1. The minimum atomic E-state index is -0.348. The molecule has 3 rings (SSSR count). The smallest absolute Gasteiger partial charge is 0.254 e. The van der Waals surface area contributed by atoms with Crippen LogP contribution < -0.4 is 5.73 Å². The molecule has 0 unspecified atom stereocenters. The van der Waals surface area contributed by atoms with E-state index in [9.17, 15) is 9.59 Å². The highest BCUT2D eigenvalue weighted by atomic mass is 16.2. The zero-order valence-electron chi connectivity index (χ0n) is 14.3. The lowest BCUT2D eigenvalue weighted by Crippen LogP contribution is -2.31. The lowest BCUT2D eigenvalue weighted by atomic mass is 10.1. The number of benzene rings is 1. The number of nitrogens with two attached hydrogens (primary N) is 1. The van der Waals surface area contributed by atoms with Gasteiger partial charge < -0.3 is 10.6 Å². The lowest BCUT2D eigenvalue weighted by molar-refractivity contribution is -0.118. The van der Waals surface area contributed by atoms with E-state index in [1.165, 1.54) is 0 Å². The van der Waals surface area contributed by atoms with E-state index in [-0.39, 0.29) is 24.3 Å². The summed E-state index contributed by atoms with van der Waals surface area (Å²) in [5.41, 5.74) is 7.55. The zero-order valence-corrected chi connectivity index (χ0v) is 14.3. The van der Waals surface area contributed by atoms with Gasteiger partial charge in [-0.2, -0.15) is 0 Å². The van der Waals surface area contributed by atoms with Gasteiger partial charge in [-0.05, 0) is 44.4 Å². The van der Waals surface area contributed by atoms with E-state index in [1.807, 2.05) is 48.2 Å². The number of likely N-dealkylation sites (tertiary alicyclic amines) is 1. The number of carbonyl (C=O) groups is 2. The van der Waals surface area contributed by atoms with E-state index in [2.05, 4.69) is 9.97 Å². The van der Waals surface area contributed by atoms with Crippen LogP contribution in [0.15, 0.2) is 36.4 Å². The number of aryl methyl sites for hydroxylation is 2. The summed E-state index contributed by atoms with van der Waals surface area (Å²) >= 11 is 0. The monoisotopic (exact) mass is 338 g/mol. The van der Waals surface area contributed by atoms with Crippen LogP contribution in [0.5, 0.6) is 0 Å². The Labute approximate surface area is 147 Å². The van der Waals surface area contributed by atoms with Crippen LogP contribution in [0.3, 0.4) is 0 Å². The molecule has 1 aliphatic rings. The molecule has 0 aliphatic carbocycles. The van der Waals surface area contributed by atoms with Gasteiger partial charge in [-0.15, -0.1) is 0 Å². The van der Waals surface area contributed by atoms with Gasteiger partial charge in [0.25, 0.3) is 5.91 Å². The van der Waals surface area contributed by atoms with Gasteiger partial charge in [0.15, 0.2) is 0 Å². The van der Waals surface area contributed by atoms with E-state index in [0.29, 0.717) is 17.8 Å². The van der Waals surface area contributed by atoms with E-state index < -0.39 is 0 Å². The van der Waals surface area contributed by atoms with Crippen LogP contribution in [0.4, 0.5) is 0 Å². The lowest BCUT2D eigenvalue weighted by Gasteiger charge is -2.25. The Balaban J connectivity index is 1.84. The van der Waals surface area contributed by atoms with Crippen molar-refractivity contribution in [3.05, 3.63) is 59.2 Å². The minimum absolute atomic E-state index is 0.0260. The Hall–Kier alpha value is -2.76. The van der Waals surface area contributed by atoms with E-state index in [4.69, 9.17) is 5.73 Å². The van der Waals surface area contributed by atoms with Gasteiger partial charge in [-0.1, -0.05) is 18.2 Å². The summed E-state index contributed by atoms with van der Waals surface area (Å²) in [6, 6.07) is 11.2. The maximum atomic E-state index is 12.8. The van der Waals surface area contributed by atoms with Crippen molar-refractivity contribution in [2.45, 2.75) is 38.6 Å². The molecule has 2 aromatic rings. The Morgan fingerprint density at radius 3 is 2.72 bits per heavy atom. The average Bonchev–Trinajstić information content (AvgIpc) is 3.09. The maximum Gasteiger partial charge on any atom is 0.254 e. The Kier molecular flexibility index (Phi) is 5.07. The molecule has 1 aliphatic heterocycles. The van der Waals surface area contributed by atoms with Gasteiger partial charge in [-0.3, -0.25) is 9.59 Å². The summed E-state index contributed by atoms with van der Waals surface area (Å²) in [5.74, 6) is 0.327. The molecule has 0 spiro atoms. The summed E-state index contributed by atoms with van der Waals surface area (Å²) in [5, 5.41) is 0. The number of amides is 2. The predicted octanol–water partition coefficient (Wildman–Crippen LogP) is 2.18. The quantitative estimate of drug-likeness (QED) is 0.905. The van der Waals surface area contributed by atoms with Gasteiger partial charge >= 0.3 is 0 Å². The second kappa shape index (κ2) is 7.42. The van der Waals surface area contributed by atoms with Crippen molar-refractivity contribution in [3.63, 3.8) is 0 Å². The normalized spacial score (nSPS) is 16.8. The molecule has 1 aromatic heterocycles. The first-order valence-corrected chi connectivity index (χ1v) is 8.53.